The molecule has 0 aliphatic rings. The van der Waals surface area contributed by atoms with Crippen LogP contribution in [-0.4, -0.2) is 22.8 Å². The Morgan fingerprint density at radius 3 is 2.49 bits per heavy atom. The van der Waals surface area contributed by atoms with E-state index in [4.69, 9.17) is 13.9 Å². The second-order valence-corrected chi connectivity index (χ2v) is 9.89. The monoisotopic (exact) mass is 611 g/mol. The molecule has 0 spiro atoms. The summed E-state index contributed by atoms with van der Waals surface area (Å²) in [5.74, 6) is 1.82. The number of carbonyl (C=O) groups is 1. The van der Waals surface area contributed by atoms with Gasteiger partial charge in [-0.05, 0) is 122 Å². The van der Waals surface area contributed by atoms with E-state index >= 15 is 0 Å². The van der Waals surface area contributed by atoms with Crippen molar-refractivity contribution in [2.24, 2.45) is 5.10 Å². The second-order valence-electron chi connectivity index (χ2n) is 8.73. The molecule has 0 unspecified atom stereocenters. The van der Waals surface area contributed by atoms with Crippen LogP contribution >= 0.6 is 22.6 Å². The molecule has 2 aromatic carbocycles. The highest BCUT2D eigenvalue weighted by Crippen LogP contribution is 2.23. The fourth-order valence-electron chi connectivity index (χ4n) is 3.71. The van der Waals surface area contributed by atoms with Gasteiger partial charge < -0.3 is 18.5 Å². The normalized spacial score (nSPS) is 12.0. The van der Waals surface area contributed by atoms with E-state index in [2.05, 4.69) is 70.6 Å². The molecule has 0 saturated carbocycles. The average Bonchev–Trinajstić information content (AvgIpc) is 3.50. The Balaban J connectivity index is 1.29. The molecule has 1 N–H and O–H groups in total. The number of rotatable bonds is 10. The number of carbonyl (C=O) groups excluding carboxylic acids is 1. The summed E-state index contributed by atoms with van der Waals surface area (Å²) < 4.78 is 20.5. The van der Waals surface area contributed by atoms with Crippen molar-refractivity contribution in [3.05, 3.63) is 98.8 Å². The zero-order valence-corrected chi connectivity index (χ0v) is 23.5. The van der Waals surface area contributed by atoms with Gasteiger partial charge in [-0.25, -0.2) is 5.43 Å². The summed E-state index contributed by atoms with van der Waals surface area (Å²) in [5, 5.41) is 4.05. The van der Waals surface area contributed by atoms with Crippen molar-refractivity contribution in [3.63, 3.8) is 0 Å². The lowest BCUT2D eigenvalue weighted by Gasteiger charge is -2.14. The molecule has 0 saturated heterocycles. The molecular weight excluding hydrogens is 581 g/mol. The maximum atomic E-state index is 12.4. The highest BCUT2D eigenvalue weighted by Gasteiger charge is 2.12. The maximum Gasteiger partial charge on any atom is 0.307 e. The number of halogens is 1. The van der Waals surface area contributed by atoms with Crippen LogP contribution in [0.1, 0.15) is 53.5 Å². The predicted molar refractivity (Wildman–Crippen MR) is 153 cm³/mol. The van der Waals surface area contributed by atoms with E-state index in [1.54, 1.807) is 18.3 Å². The lowest BCUT2D eigenvalue weighted by molar-refractivity contribution is 0.0923. The van der Waals surface area contributed by atoms with Gasteiger partial charge in [0.1, 0.15) is 23.9 Å². The van der Waals surface area contributed by atoms with Crippen LogP contribution in [0.5, 0.6) is 11.5 Å². The average molecular weight is 611 g/mol. The fraction of sp³-hybridized carbons (Fsp3) is 0.241. The van der Waals surface area contributed by atoms with Crippen LogP contribution in [0.3, 0.4) is 0 Å². The van der Waals surface area contributed by atoms with Crippen molar-refractivity contribution >= 4 is 34.7 Å². The Morgan fingerprint density at radius 2 is 1.81 bits per heavy atom. The van der Waals surface area contributed by atoms with Crippen LogP contribution in [0.2, 0.25) is 0 Å². The standard InChI is InChI=1S/C29H30IN3O4/c1-5-21(4)36-27-14-8-22(16-26(27)30)17-31-32-29(34)28-15-13-25(37-28)18-35-24-11-9-23(10-12-24)33-19(2)6-7-20(33)3/h6-17,21H,5,18H2,1-4H3,(H,32,34)/b31-17+/t21-/m1/s1. The molecule has 7 nitrogen and oxygen atoms in total. The van der Waals surface area contributed by atoms with Crippen LogP contribution in [0.15, 0.2) is 76.2 Å². The Kier molecular flexibility index (Phi) is 8.70. The van der Waals surface area contributed by atoms with Crippen LogP contribution in [-0.2, 0) is 6.61 Å². The molecule has 37 heavy (non-hydrogen) atoms. The summed E-state index contributed by atoms with van der Waals surface area (Å²) >= 11 is 2.23. The first kappa shape index (κ1) is 26.5. The molecule has 4 rings (SSSR count). The summed E-state index contributed by atoms with van der Waals surface area (Å²) in [6.07, 6.45) is 2.67. The van der Waals surface area contributed by atoms with Crippen LogP contribution in [0, 0.1) is 17.4 Å². The Morgan fingerprint density at radius 1 is 1.08 bits per heavy atom. The first-order chi connectivity index (χ1) is 17.8. The van der Waals surface area contributed by atoms with E-state index in [0.29, 0.717) is 11.5 Å². The number of hydrazone groups is 1. The van der Waals surface area contributed by atoms with Gasteiger partial charge in [0.2, 0.25) is 0 Å². The molecule has 0 radical (unpaired) electrons. The molecule has 1 amide bonds. The summed E-state index contributed by atoms with van der Waals surface area (Å²) in [6, 6.07) is 21.1. The first-order valence-electron chi connectivity index (χ1n) is 12.1. The number of hydrogen-bond donors (Lipinski definition) is 1. The number of benzene rings is 2. The van der Waals surface area contributed by atoms with Gasteiger partial charge in [0, 0.05) is 17.1 Å². The Labute approximate surface area is 230 Å². The van der Waals surface area contributed by atoms with Crippen molar-refractivity contribution in [1.82, 2.24) is 9.99 Å². The summed E-state index contributed by atoms with van der Waals surface area (Å²) in [7, 11) is 0. The number of hydrogen-bond acceptors (Lipinski definition) is 5. The van der Waals surface area contributed by atoms with Gasteiger partial charge >= 0.3 is 5.91 Å². The van der Waals surface area contributed by atoms with Gasteiger partial charge in [-0.15, -0.1) is 0 Å². The van der Waals surface area contributed by atoms with Gasteiger partial charge in [-0.2, -0.15) is 5.10 Å². The van der Waals surface area contributed by atoms with Crippen LogP contribution < -0.4 is 14.9 Å². The van der Waals surface area contributed by atoms with E-state index in [-0.39, 0.29) is 18.5 Å². The molecule has 0 aliphatic heterocycles. The van der Waals surface area contributed by atoms with Gasteiger partial charge in [-0.3, -0.25) is 4.79 Å². The van der Waals surface area contributed by atoms with E-state index in [9.17, 15) is 4.79 Å². The lowest BCUT2D eigenvalue weighted by Crippen LogP contribution is -2.16. The molecular formula is C29H30IN3O4. The summed E-state index contributed by atoms with van der Waals surface area (Å²) in [5.41, 5.74) is 6.78. The topological polar surface area (TPSA) is 78.0 Å². The SMILES string of the molecule is CC[C@@H](C)Oc1ccc(/C=N/NC(=O)c2ccc(COc3ccc(-n4c(C)ccc4C)cc3)o2)cc1I. The molecule has 0 fully saturated rings. The Hall–Kier alpha value is -3.53. The first-order valence-corrected chi connectivity index (χ1v) is 13.2. The molecule has 2 aromatic heterocycles. The van der Waals surface area contributed by atoms with Gasteiger partial charge in [0.25, 0.3) is 0 Å². The highest BCUT2D eigenvalue weighted by atomic mass is 127. The third kappa shape index (κ3) is 6.82. The minimum Gasteiger partial charge on any atom is -0.490 e. The number of nitrogens with zero attached hydrogens (tertiary/aromatic N) is 2. The van der Waals surface area contributed by atoms with Gasteiger partial charge in [0.15, 0.2) is 5.76 Å². The number of aromatic nitrogens is 1. The van der Waals surface area contributed by atoms with Crippen molar-refractivity contribution in [2.45, 2.75) is 46.8 Å². The molecule has 1 atom stereocenters. The van der Waals surface area contributed by atoms with E-state index in [1.807, 2.05) is 49.4 Å². The third-order valence-corrected chi connectivity index (χ3v) is 6.71. The minimum absolute atomic E-state index is 0.153. The van der Waals surface area contributed by atoms with Crippen LogP contribution in [0.25, 0.3) is 5.69 Å². The number of amides is 1. The van der Waals surface area contributed by atoms with Crippen molar-refractivity contribution in [1.29, 1.82) is 0 Å². The van der Waals surface area contributed by atoms with Crippen molar-refractivity contribution < 1.29 is 18.7 Å². The highest BCUT2D eigenvalue weighted by molar-refractivity contribution is 14.1. The van der Waals surface area contributed by atoms with E-state index < -0.39 is 5.91 Å². The predicted octanol–water partition coefficient (Wildman–Crippen LogP) is 6.81. The minimum atomic E-state index is -0.435. The maximum absolute atomic E-state index is 12.4. The van der Waals surface area contributed by atoms with Gasteiger partial charge in [-0.1, -0.05) is 6.92 Å². The molecule has 8 heteroatoms. The molecule has 192 valence electrons. The quantitative estimate of drug-likeness (QED) is 0.121. The largest absolute Gasteiger partial charge is 0.490 e. The fourth-order valence-corrected chi connectivity index (χ4v) is 4.38. The number of furan rings is 1. The zero-order chi connectivity index (χ0) is 26.4. The van der Waals surface area contributed by atoms with Gasteiger partial charge in [0.05, 0.1) is 15.9 Å². The molecule has 0 aliphatic carbocycles. The summed E-state index contributed by atoms with van der Waals surface area (Å²) in [6.45, 7) is 8.49. The zero-order valence-electron chi connectivity index (χ0n) is 21.3. The molecule has 2 heterocycles. The second kappa shape index (κ2) is 12.1. The molecule has 0 bridgehead atoms. The van der Waals surface area contributed by atoms with Crippen molar-refractivity contribution in [3.8, 4) is 17.2 Å². The third-order valence-electron chi connectivity index (χ3n) is 5.87. The van der Waals surface area contributed by atoms with E-state index in [0.717, 1.165) is 27.0 Å². The van der Waals surface area contributed by atoms with E-state index in [1.165, 1.54) is 11.4 Å². The number of nitrogens with one attached hydrogen (secondary N) is 1. The smallest absolute Gasteiger partial charge is 0.307 e. The number of ether oxygens (including phenoxy) is 2. The van der Waals surface area contributed by atoms with Crippen molar-refractivity contribution in [2.75, 3.05) is 0 Å². The number of aryl methyl sites for hydroxylation is 2. The Bertz CT molecular complexity index is 1370. The van der Waals surface area contributed by atoms with Crippen LogP contribution in [0.4, 0.5) is 0 Å². The lowest BCUT2D eigenvalue weighted by atomic mass is 10.2. The molecule has 4 aromatic rings. The summed E-state index contributed by atoms with van der Waals surface area (Å²) in [4.78, 5) is 12.4.